The van der Waals surface area contributed by atoms with Gasteiger partial charge >= 0.3 is 6.61 Å². The fraction of sp³-hybridized carbons (Fsp3) is 0.600. The largest absolute Gasteiger partial charge is 0.432 e. The van der Waals surface area contributed by atoms with Crippen LogP contribution in [0.1, 0.15) is 45.4 Å². The van der Waals surface area contributed by atoms with Crippen LogP contribution in [-0.4, -0.2) is 13.2 Å². The van der Waals surface area contributed by atoms with Crippen molar-refractivity contribution in [1.29, 1.82) is 0 Å². The Hall–Kier alpha value is -0.740. The van der Waals surface area contributed by atoms with E-state index in [1.54, 1.807) is 12.1 Å². The Morgan fingerprint density at radius 1 is 1.05 bits per heavy atom. The molecule has 1 rings (SSSR count). The molecule has 0 saturated carbocycles. The van der Waals surface area contributed by atoms with Crippen LogP contribution in [0.2, 0.25) is 10.0 Å². The number of hydrogen-bond acceptors (Lipinski definition) is 2. The summed E-state index contributed by atoms with van der Waals surface area (Å²) >= 11 is 11.8. The van der Waals surface area contributed by atoms with E-state index in [9.17, 15) is 8.78 Å². The molecule has 21 heavy (non-hydrogen) atoms. The maximum atomic E-state index is 12.2. The Kier molecular flexibility index (Phi) is 8.77. The maximum absolute atomic E-state index is 12.2. The van der Waals surface area contributed by atoms with Crippen LogP contribution in [0.15, 0.2) is 12.1 Å². The topological polar surface area (TPSA) is 21.3 Å². The van der Waals surface area contributed by atoms with Crippen molar-refractivity contribution in [3.8, 4) is 5.75 Å². The van der Waals surface area contributed by atoms with Crippen LogP contribution in [0.3, 0.4) is 0 Å². The molecule has 0 aliphatic carbocycles. The van der Waals surface area contributed by atoms with Gasteiger partial charge in [0.15, 0.2) is 5.75 Å². The first-order chi connectivity index (χ1) is 10.0. The van der Waals surface area contributed by atoms with E-state index in [4.69, 9.17) is 23.2 Å². The zero-order valence-electron chi connectivity index (χ0n) is 12.1. The van der Waals surface area contributed by atoms with Gasteiger partial charge < -0.3 is 10.1 Å². The summed E-state index contributed by atoms with van der Waals surface area (Å²) in [4.78, 5) is 0. The first-order valence-electron chi connectivity index (χ1n) is 7.22. The highest BCUT2D eigenvalue weighted by Crippen LogP contribution is 2.36. The molecule has 0 fully saturated rings. The number of unbranched alkanes of at least 4 members (excludes halogenated alkanes) is 5. The van der Waals surface area contributed by atoms with E-state index in [1.807, 2.05) is 0 Å². The molecule has 0 amide bonds. The number of benzene rings is 1. The van der Waals surface area contributed by atoms with Gasteiger partial charge in [-0.25, -0.2) is 0 Å². The number of halogens is 4. The highest BCUT2D eigenvalue weighted by molar-refractivity contribution is 6.37. The summed E-state index contributed by atoms with van der Waals surface area (Å²) in [5.74, 6) is -0.182. The second kappa shape index (κ2) is 10.1. The predicted molar refractivity (Wildman–Crippen MR) is 85.0 cm³/mol. The smallest absolute Gasteiger partial charge is 0.387 e. The number of nitrogens with one attached hydrogen (secondary N) is 1. The third-order valence-electron chi connectivity index (χ3n) is 3.06. The van der Waals surface area contributed by atoms with E-state index in [-0.39, 0.29) is 15.8 Å². The molecule has 1 N–H and O–H groups in total. The third kappa shape index (κ3) is 7.18. The average molecular weight is 340 g/mol. The number of anilines is 1. The minimum Gasteiger partial charge on any atom is -0.432 e. The molecule has 0 atom stereocenters. The lowest BCUT2D eigenvalue weighted by atomic mass is 10.1. The zero-order chi connectivity index (χ0) is 15.7. The first-order valence-corrected chi connectivity index (χ1v) is 7.98. The molecule has 0 aliphatic heterocycles. The van der Waals surface area contributed by atoms with Gasteiger partial charge in [-0.05, 0) is 18.6 Å². The lowest BCUT2D eigenvalue weighted by molar-refractivity contribution is -0.0497. The van der Waals surface area contributed by atoms with E-state index in [0.717, 1.165) is 13.0 Å². The Bertz CT molecular complexity index is 407. The molecule has 0 aromatic heterocycles. The van der Waals surface area contributed by atoms with Crippen LogP contribution in [0, 0.1) is 0 Å². The molecule has 0 radical (unpaired) electrons. The van der Waals surface area contributed by atoms with Gasteiger partial charge in [0.05, 0.1) is 10.0 Å². The van der Waals surface area contributed by atoms with Crippen molar-refractivity contribution < 1.29 is 13.5 Å². The maximum Gasteiger partial charge on any atom is 0.387 e. The fourth-order valence-electron chi connectivity index (χ4n) is 2.00. The van der Waals surface area contributed by atoms with Crippen LogP contribution in [0.4, 0.5) is 14.5 Å². The number of alkyl halides is 2. The summed E-state index contributed by atoms with van der Waals surface area (Å²) in [6.07, 6.45) is 7.24. The van der Waals surface area contributed by atoms with Gasteiger partial charge in [0, 0.05) is 12.2 Å². The Morgan fingerprint density at radius 2 is 1.62 bits per heavy atom. The van der Waals surface area contributed by atoms with Crippen molar-refractivity contribution in [3.05, 3.63) is 22.2 Å². The highest BCUT2D eigenvalue weighted by Gasteiger charge is 2.14. The minimum atomic E-state index is -2.94. The molecule has 0 bridgehead atoms. The fourth-order valence-corrected chi connectivity index (χ4v) is 2.58. The summed E-state index contributed by atoms with van der Waals surface area (Å²) in [6.45, 7) is 0.0477. The molecular weight excluding hydrogens is 319 g/mol. The summed E-state index contributed by atoms with van der Waals surface area (Å²) in [5.41, 5.74) is 0.708. The SMILES string of the molecule is CCCCCCCCNc1cc(Cl)c(OC(F)F)c(Cl)c1. The molecule has 1 aromatic carbocycles. The molecular formula is C15H21Cl2F2NO. The van der Waals surface area contributed by atoms with Crippen molar-refractivity contribution >= 4 is 28.9 Å². The minimum absolute atomic E-state index is 0.0771. The van der Waals surface area contributed by atoms with Gasteiger partial charge in [0.2, 0.25) is 0 Å². The number of hydrogen-bond donors (Lipinski definition) is 1. The van der Waals surface area contributed by atoms with Crippen LogP contribution >= 0.6 is 23.2 Å². The zero-order valence-corrected chi connectivity index (χ0v) is 13.6. The third-order valence-corrected chi connectivity index (χ3v) is 3.63. The number of ether oxygens (including phenoxy) is 1. The van der Waals surface area contributed by atoms with Crippen molar-refractivity contribution in [1.82, 2.24) is 0 Å². The molecule has 0 heterocycles. The first kappa shape index (κ1) is 18.3. The molecule has 0 unspecified atom stereocenters. The van der Waals surface area contributed by atoms with Gasteiger partial charge in [0.25, 0.3) is 0 Å². The standard InChI is InChI=1S/C15H21Cl2F2NO/c1-2-3-4-5-6-7-8-20-11-9-12(16)14(13(17)10-11)21-15(18)19/h9-10,15,20H,2-8H2,1H3. The van der Waals surface area contributed by atoms with Crippen LogP contribution < -0.4 is 10.1 Å². The van der Waals surface area contributed by atoms with Gasteiger partial charge in [-0.2, -0.15) is 8.78 Å². The molecule has 120 valence electrons. The lowest BCUT2D eigenvalue weighted by Gasteiger charge is -2.12. The summed E-state index contributed by atoms with van der Waals surface area (Å²) in [7, 11) is 0. The van der Waals surface area contributed by atoms with Gasteiger partial charge in [0.1, 0.15) is 0 Å². The monoisotopic (exact) mass is 339 g/mol. The van der Waals surface area contributed by atoms with E-state index in [0.29, 0.717) is 5.69 Å². The highest BCUT2D eigenvalue weighted by atomic mass is 35.5. The van der Waals surface area contributed by atoms with E-state index in [1.165, 1.54) is 32.1 Å². The predicted octanol–water partition coefficient (Wildman–Crippen LogP) is 6.37. The van der Waals surface area contributed by atoms with Crippen molar-refractivity contribution in [3.63, 3.8) is 0 Å². The quantitative estimate of drug-likeness (QED) is 0.500. The van der Waals surface area contributed by atoms with Gasteiger partial charge in [-0.15, -0.1) is 0 Å². The van der Waals surface area contributed by atoms with Crippen LogP contribution in [0.25, 0.3) is 0 Å². The second-order valence-corrected chi connectivity index (χ2v) is 5.66. The Morgan fingerprint density at radius 3 is 2.19 bits per heavy atom. The molecule has 0 saturated heterocycles. The molecule has 1 aromatic rings. The van der Waals surface area contributed by atoms with Crippen LogP contribution in [-0.2, 0) is 0 Å². The summed E-state index contributed by atoms with van der Waals surface area (Å²) in [6, 6.07) is 3.09. The summed E-state index contributed by atoms with van der Waals surface area (Å²) in [5, 5.41) is 3.34. The molecule has 6 heteroatoms. The van der Waals surface area contributed by atoms with Crippen molar-refractivity contribution in [2.24, 2.45) is 0 Å². The van der Waals surface area contributed by atoms with E-state index >= 15 is 0 Å². The number of rotatable bonds is 10. The average Bonchev–Trinajstić information content (AvgIpc) is 2.42. The molecule has 0 spiro atoms. The van der Waals surface area contributed by atoms with Crippen LogP contribution in [0.5, 0.6) is 5.75 Å². The van der Waals surface area contributed by atoms with Gasteiger partial charge in [-0.1, -0.05) is 62.2 Å². The normalized spacial score (nSPS) is 11.0. The Balaban J connectivity index is 2.39. The lowest BCUT2D eigenvalue weighted by Crippen LogP contribution is -2.05. The molecule has 2 nitrogen and oxygen atoms in total. The van der Waals surface area contributed by atoms with E-state index < -0.39 is 6.61 Å². The second-order valence-electron chi connectivity index (χ2n) is 4.84. The molecule has 0 aliphatic rings. The summed E-state index contributed by atoms with van der Waals surface area (Å²) < 4.78 is 28.7. The van der Waals surface area contributed by atoms with Crippen molar-refractivity contribution in [2.75, 3.05) is 11.9 Å². The van der Waals surface area contributed by atoms with E-state index in [2.05, 4.69) is 17.0 Å². The van der Waals surface area contributed by atoms with Crippen molar-refractivity contribution in [2.45, 2.75) is 52.1 Å². The van der Waals surface area contributed by atoms with Gasteiger partial charge in [-0.3, -0.25) is 0 Å². The Labute approximate surface area is 134 Å².